The third-order valence-corrected chi connectivity index (χ3v) is 3.19. The number of esters is 1. The highest BCUT2D eigenvalue weighted by Gasteiger charge is 2.32. The number of carbonyl (C=O) groups is 1. The van der Waals surface area contributed by atoms with E-state index < -0.39 is 5.60 Å². The summed E-state index contributed by atoms with van der Waals surface area (Å²) in [6.45, 7) is 11.0. The maximum absolute atomic E-state index is 11.9. The normalized spacial score (nSPS) is 28.8. The van der Waals surface area contributed by atoms with Crippen molar-refractivity contribution in [2.45, 2.75) is 58.8 Å². The van der Waals surface area contributed by atoms with Crippen molar-refractivity contribution in [2.24, 2.45) is 5.92 Å². The number of hydrogen-bond donors (Lipinski definition) is 1. The molecule has 0 aromatic carbocycles. The standard InChI is InChI=1S/C13H25NO3/c1-9-8-14(7-6-11(9)15)10(2)12(16)17-13(3,4)5/h9-11,15H,6-8H2,1-5H3. The van der Waals surface area contributed by atoms with Crippen molar-refractivity contribution < 1.29 is 14.6 Å². The second-order valence-corrected chi connectivity index (χ2v) is 6.04. The summed E-state index contributed by atoms with van der Waals surface area (Å²) >= 11 is 0. The van der Waals surface area contributed by atoms with Crippen LogP contribution < -0.4 is 0 Å². The van der Waals surface area contributed by atoms with Crippen LogP contribution in [0.2, 0.25) is 0 Å². The maximum atomic E-state index is 11.9. The number of aliphatic hydroxyl groups is 1. The van der Waals surface area contributed by atoms with Crippen molar-refractivity contribution in [2.75, 3.05) is 13.1 Å². The predicted octanol–water partition coefficient (Wildman–Crippen LogP) is 1.42. The van der Waals surface area contributed by atoms with Gasteiger partial charge in [-0.15, -0.1) is 0 Å². The van der Waals surface area contributed by atoms with Gasteiger partial charge in [0.25, 0.3) is 0 Å². The van der Waals surface area contributed by atoms with Gasteiger partial charge in [0.05, 0.1) is 6.10 Å². The molecule has 0 aromatic heterocycles. The first-order valence-electron chi connectivity index (χ1n) is 6.35. The molecule has 17 heavy (non-hydrogen) atoms. The Hall–Kier alpha value is -0.610. The Morgan fingerprint density at radius 2 is 2.06 bits per heavy atom. The second-order valence-electron chi connectivity index (χ2n) is 6.04. The van der Waals surface area contributed by atoms with Gasteiger partial charge >= 0.3 is 5.97 Å². The molecule has 1 aliphatic rings. The van der Waals surface area contributed by atoms with E-state index in [1.165, 1.54) is 0 Å². The largest absolute Gasteiger partial charge is 0.459 e. The first-order valence-corrected chi connectivity index (χ1v) is 6.35. The molecule has 0 aliphatic carbocycles. The van der Waals surface area contributed by atoms with Gasteiger partial charge in [-0.05, 0) is 40.0 Å². The van der Waals surface area contributed by atoms with Gasteiger partial charge in [-0.3, -0.25) is 9.69 Å². The van der Waals surface area contributed by atoms with Crippen molar-refractivity contribution in [3.63, 3.8) is 0 Å². The smallest absolute Gasteiger partial charge is 0.323 e. The molecule has 0 saturated carbocycles. The van der Waals surface area contributed by atoms with Crippen molar-refractivity contribution in [1.82, 2.24) is 4.90 Å². The van der Waals surface area contributed by atoms with Gasteiger partial charge in [0.2, 0.25) is 0 Å². The molecule has 4 nitrogen and oxygen atoms in total. The van der Waals surface area contributed by atoms with Gasteiger partial charge in [0.1, 0.15) is 11.6 Å². The summed E-state index contributed by atoms with van der Waals surface area (Å²) in [5.41, 5.74) is -0.438. The molecule has 3 atom stereocenters. The third-order valence-electron chi connectivity index (χ3n) is 3.19. The molecular weight excluding hydrogens is 218 g/mol. The Bertz CT molecular complexity index is 272. The summed E-state index contributed by atoms with van der Waals surface area (Å²) in [7, 11) is 0. The van der Waals surface area contributed by atoms with Gasteiger partial charge in [-0.25, -0.2) is 0 Å². The van der Waals surface area contributed by atoms with E-state index in [-0.39, 0.29) is 24.0 Å². The Morgan fingerprint density at radius 3 is 2.53 bits per heavy atom. The van der Waals surface area contributed by atoms with Crippen LogP contribution in [0.3, 0.4) is 0 Å². The van der Waals surface area contributed by atoms with Crippen LogP contribution in [0.1, 0.15) is 41.0 Å². The zero-order chi connectivity index (χ0) is 13.2. The van der Waals surface area contributed by atoms with Gasteiger partial charge in [0, 0.05) is 13.1 Å². The fourth-order valence-corrected chi connectivity index (χ4v) is 2.05. The van der Waals surface area contributed by atoms with E-state index in [1.807, 2.05) is 34.6 Å². The van der Waals surface area contributed by atoms with Crippen LogP contribution in [0.25, 0.3) is 0 Å². The molecule has 4 heteroatoms. The van der Waals surface area contributed by atoms with E-state index in [2.05, 4.69) is 4.90 Å². The van der Waals surface area contributed by atoms with Crippen molar-refractivity contribution in [3.05, 3.63) is 0 Å². The van der Waals surface area contributed by atoms with Crippen LogP contribution in [0.4, 0.5) is 0 Å². The SMILES string of the molecule is CC1CN(C(C)C(=O)OC(C)(C)C)CCC1O. The average molecular weight is 243 g/mol. The first-order chi connectivity index (χ1) is 7.70. The van der Waals surface area contributed by atoms with Crippen LogP contribution in [0, 0.1) is 5.92 Å². The molecule has 3 unspecified atom stereocenters. The molecule has 1 aliphatic heterocycles. The molecule has 1 N–H and O–H groups in total. The summed E-state index contributed by atoms with van der Waals surface area (Å²) in [5.74, 6) is 0.0368. The summed E-state index contributed by atoms with van der Waals surface area (Å²) in [6.07, 6.45) is 0.492. The van der Waals surface area contributed by atoms with Gasteiger partial charge in [0.15, 0.2) is 0 Å². The van der Waals surface area contributed by atoms with Gasteiger partial charge < -0.3 is 9.84 Å². The van der Waals surface area contributed by atoms with E-state index in [0.717, 1.165) is 19.5 Å². The second kappa shape index (κ2) is 5.36. The number of hydrogen-bond acceptors (Lipinski definition) is 4. The van der Waals surface area contributed by atoms with Crippen LogP contribution >= 0.6 is 0 Å². The van der Waals surface area contributed by atoms with E-state index in [0.29, 0.717) is 0 Å². The molecule has 0 aromatic rings. The Kier molecular flexibility index (Phi) is 4.55. The van der Waals surface area contributed by atoms with E-state index in [1.54, 1.807) is 0 Å². The lowest BCUT2D eigenvalue weighted by Gasteiger charge is -2.37. The molecule has 1 fully saturated rings. The highest BCUT2D eigenvalue weighted by molar-refractivity contribution is 5.75. The summed E-state index contributed by atoms with van der Waals surface area (Å²) in [5, 5.41) is 9.66. The van der Waals surface area contributed by atoms with Crippen LogP contribution in [-0.2, 0) is 9.53 Å². The molecular formula is C13H25NO3. The molecule has 0 amide bonds. The number of piperidine rings is 1. The third kappa shape index (κ3) is 4.28. The lowest BCUT2D eigenvalue weighted by atomic mass is 9.95. The lowest BCUT2D eigenvalue weighted by molar-refractivity contribution is -0.162. The zero-order valence-corrected chi connectivity index (χ0v) is 11.6. The Morgan fingerprint density at radius 1 is 1.47 bits per heavy atom. The van der Waals surface area contributed by atoms with Crippen LogP contribution in [0.5, 0.6) is 0 Å². The highest BCUT2D eigenvalue weighted by atomic mass is 16.6. The van der Waals surface area contributed by atoms with Gasteiger partial charge in [-0.1, -0.05) is 6.92 Å². The van der Waals surface area contributed by atoms with Gasteiger partial charge in [-0.2, -0.15) is 0 Å². The monoisotopic (exact) mass is 243 g/mol. The van der Waals surface area contributed by atoms with E-state index in [4.69, 9.17) is 4.74 Å². The quantitative estimate of drug-likeness (QED) is 0.745. The Balaban J connectivity index is 2.53. The van der Waals surface area contributed by atoms with Crippen molar-refractivity contribution in [3.8, 4) is 0 Å². The maximum Gasteiger partial charge on any atom is 0.323 e. The van der Waals surface area contributed by atoms with Crippen LogP contribution in [-0.4, -0.2) is 46.8 Å². The van der Waals surface area contributed by atoms with Crippen molar-refractivity contribution >= 4 is 5.97 Å². The number of ether oxygens (including phenoxy) is 1. The van der Waals surface area contributed by atoms with Crippen molar-refractivity contribution in [1.29, 1.82) is 0 Å². The van der Waals surface area contributed by atoms with E-state index >= 15 is 0 Å². The fraction of sp³-hybridized carbons (Fsp3) is 0.923. The molecule has 0 bridgehead atoms. The molecule has 100 valence electrons. The molecule has 0 radical (unpaired) electrons. The molecule has 1 saturated heterocycles. The minimum Gasteiger partial charge on any atom is -0.459 e. The number of carbonyl (C=O) groups excluding carboxylic acids is 1. The fourth-order valence-electron chi connectivity index (χ4n) is 2.05. The minimum atomic E-state index is -0.438. The van der Waals surface area contributed by atoms with E-state index in [9.17, 15) is 9.90 Å². The number of rotatable bonds is 2. The van der Waals surface area contributed by atoms with Crippen LogP contribution in [0.15, 0.2) is 0 Å². The number of aliphatic hydroxyl groups excluding tert-OH is 1. The minimum absolute atomic E-state index is 0.180. The molecule has 1 heterocycles. The highest BCUT2D eigenvalue weighted by Crippen LogP contribution is 2.20. The summed E-state index contributed by atoms with van der Waals surface area (Å²) < 4.78 is 5.37. The molecule has 0 spiro atoms. The number of nitrogens with zero attached hydrogens (tertiary/aromatic N) is 1. The Labute approximate surface area is 104 Å². The summed E-state index contributed by atoms with van der Waals surface area (Å²) in [4.78, 5) is 14.0. The lowest BCUT2D eigenvalue weighted by Crippen LogP contribution is -2.50. The first kappa shape index (κ1) is 14.5. The zero-order valence-electron chi connectivity index (χ0n) is 11.6. The summed E-state index contributed by atoms with van der Waals surface area (Å²) in [6, 6.07) is -0.232. The average Bonchev–Trinajstić information content (AvgIpc) is 2.18. The molecule has 1 rings (SSSR count). The topological polar surface area (TPSA) is 49.8 Å². The predicted molar refractivity (Wildman–Crippen MR) is 66.7 cm³/mol. The number of likely N-dealkylation sites (tertiary alicyclic amines) is 1.